The molecule has 4 rings (SSSR count). The fraction of sp³-hybridized carbons (Fsp3) is 0.318. The second-order valence-corrected chi connectivity index (χ2v) is 7.83. The number of nitrogens with zero attached hydrogens (tertiary/aromatic N) is 1. The third-order valence-corrected chi connectivity index (χ3v) is 5.76. The third kappa shape index (κ3) is 3.06. The zero-order valence-corrected chi connectivity index (χ0v) is 16.3. The molecule has 0 aliphatic heterocycles. The van der Waals surface area contributed by atoms with E-state index in [9.17, 15) is 27.8 Å². The van der Waals surface area contributed by atoms with Crippen LogP contribution < -0.4 is 5.32 Å². The molecular formula is C22H20F4N2O2. The number of fused-ring (bicyclic) bond motifs is 2. The fourth-order valence-electron chi connectivity index (χ4n) is 4.33. The minimum absolute atomic E-state index is 0.00421. The number of hydrogen-bond donors (Lipinski definition) is 3. The summed E-state index contributed by atoms with van der Waals surface area (Å²) in [5.41, 5.74) is -1.37. The van der Waals surface area contributed by atoms with E-state index in [-0.39, 0.29) is 11.1 Å². The summed E-state index contributed by atoms with van der Waals surface area (Å²) in [5, 5.41) is 24.4. The molecule has 0 saturated carbocycles. The lowest BCUT2D eigenvalue weighted by molar-refractivity contribution is -0.272. The number of nitrogens with one attached hydrogen (secondary N) is 1. The van der Waals surface area contributed by atoms with Crippen LogP contribution in [0.15, 0.2) is 42.5 Å². The van der Waals surface area contributed by atoms with Gasteiger partial charge in [0.05, 0.1) is 11.6 Å². The Balaban J connectivity index is 1.92. The van der Waals surface area contributed by atoms with Gasteiger partial charge in [0.1, 0.15) is 0 Å². The van der Waals surface area contributed by atoms with Gasteiger partial charge < -0.3 is 15.5 Å². The topological polar surface area (TPSA) is 65.4 Å². The van der Waals surface area contributed by atoms with Gasteiger partial charge in [0.25, 0.3) is 0 Å². The lowest BCUT2D eigenvalue weighted by atomic mass is 9.70. The van der Waals surface area contributed by atoms with Crippen LogP contribution in [-0.2, 0) is 0 Å². The Morgan fingerprint density at radius 1 is 1.13 bits per heavy atom. The van der Waals surface area contributed by atoms with Gasteiger partial charge >= 0.3 is 6.18 Å². The van der Waals surface area contributed by atoms with E-state index in [0.29, 0.717) is 16.6 Å². The van der Waals surface area contributed by atoms with Gasteiger partial charge in [-0.05, 0) is 55.2 Å². The average Bonchev–Trinajstić information content (AvgIpc) is 2.66. The summed E-state index contributed by atoms with van der Waals surface area (Å²) in [6.07, 6.45) is -5.68. The molecule has 3 aromatic rings. The average molecular weight is 420 g/mol. The van der Waals surface area contributed by atoms with Crippen LogP contribution in [0.3, 0.4) is 0 Å². The van der Waals surface area contributed by atoms with E-state index in [1.54, 1.807) is 37.3 Å². The van der Waals surface area contributed by atoms with Crippen molar-refractivity contribution in [3.05, 3.63) is 65.1 Å². The molecule has 0 radical (unpaired) electrons. The molecule has 3 N–H and O–H groups in total. The van der Waals surface area contributed by atoms with E-state index in [1.807, 2.05) is 0 Å². The number of phenols is 1. The van der Waals surface area contributed by atoms with E-state index in [1.165, 1.54) is 13.0 Å². The lowest BCUT2D eigenvalue weighted by Gasteiger charge is -2.45. The second kappa shape index (κ2) is 6.84. The van der Waals surface area contributed by atoms with E-state index in [0.717, 1.165) is 11.8 Å². The number of aliphatic hydroxyl groups is 1. The quantitative estimate of drug-likeness (QED) is 0.490. The van der Waals surface area contributed by atoms with Crippen molar-refractivity contribution < 1.29 is 27.8 Å². The van der Waals surface area contributed by atoms with Crippen molar-refractivity contribution in [2.75, 3.05) is 5.32 Å². The van der Waals surface area contributed by atoms with Crippen molar-refractivity contribution in [1.82, 2.24) is 4.98 Å². The van der Waals surface area contributed by atoms with Gasteiger partial charge in [0.15, 0.2) is 17.2 Å². The number of aryl methyl sites for hydroxylation is 1. The number of phenolic OH excluding ortho intramolecular Hbond substituents is 1. The zero-order chi connectivity index (χ0) is 21.8. The number of hydrogen-bond acceptors (Lipinski definition) is 4. The molecular weight excluding hydrogens is 400 g/mol. The first-order chi connectivity index (χ1) is 14.0. The van der Waals surface area contributed by atoms with Crippen LogP contribution in [0.25, 0.3) is 10.9 Å². The van der Waals surface area contributed by atoms with Gasteiger partial charge in [0, 0.05) is 22.3 Å². The van der Waals surface area contributed by atoms with E-state index >= 15 is 0 Å². The third-order valence-electron chi connectivity index (χ3n) is 5.76. The Bertz CT molecular complexity index is 1130. The number of aromatic hydroxyl groups is 1. The van der Waals surface area contributed by atoms with Crippen LogP contribution in [-0.4, -0.2) is 27.0 Å². The Morgan fingerprint density at radius 3 is 2.57 bits per heavy atom. The molecule has 1 aromatic heterocycles. The summed E-state index contributed by atoms with van der Waals surface area (Å²) >= 11 is 0. The van der Waals surface area contributed by atoms with E-state index in [2.05, 4.69) is 10.3 Å². The molecule has 2 aromatic carbocycles. The van der Waals surface area contributed by atoms with Gasteiger partial charge in [-0.2, -0.15) is 13.2 Å². The second-order valence-electron chi connectivity index (χ2n) is 7.83. The number of benzene rings is 2. The maximum Gasteiger partial charge on any atom is 0.419 e. The van der Waals surface area contributed by atoms with Crippen molar-refractivity contribution in [2.24, 2.45) is 0 Å². The van der Waals surface area contributed by atoms with Crippen molar-refractivity contribution >= 4 is 16.6 Å². The van der Waals surface area contributed by atoms with Crippen LogP contribution in [0.1, 0.15) is 42.1 Å². The number of aromatic nitrogens is 1. The smallest absolute Gasteiger partial charge is 0.419 e. The molecule has 1 unspecified atom stereocenters. The predicted octanol–water partition coefficient (Wildman–Crippen LogP) is 5.34. The van der Waals surface area contributed by atoms with Crippen molar-refractivity contribution in [3.63, 3.8) is 0 Å². The maximum atomic E-state index is 14.1. The zero-order valence-electron chi connectivity index (χ0n) is 16.3. The Labute approximate surface area is 170 Å². The van der Waals surface area contributed by atoms with Gasteiger partial charge in [-0.1, -0.05) is 19.1 Å². The molecule has 0 amide bonds. The predicted molar refractivity (Wildman–Crippen MR) is 105 cm³/mol. The molecule has 0 spiro atoms. The molecule has 0 fully saturated rings. The molecule has 158 valence electrons. The van der Waals surface area contributed by atoms with Gasteiger partial charge in [-0.25, -0.2) is 4.39 Å². The highest BCUT2D eigenvalue weighted by Gasteiger charge is 2.62. The van der Waals surface area contributed by atoms with E-state index < -0.39 is 41.7 Å². The molecule has 8 heteroatoms. The van der Waals surface area contributed by atoms with Crippen molar-refractivity contribution in [3.8, 4) is 5.75 Å². The Hall–Kier alpha value is -2.87. The summed E-state index contributed by atoms with van der Waals surface area (Å²) in [5.74, 6) is -2.51. The number of rotatable bonds is 2. The number of halogens is 4. The van der Waals surface area contributed by atoms with Gasteiger partial charge in [-0.3, -0.25) is 4.98 Å². The summed E-state index contributed by atoms with van der Waals surface area (Å²) in [6.45, 7) is 3.23. The summed E-state index contributed by atoms with van der Waals surface area (Å²) in [4.78, 5) is 4.38. The molecule has 3 atom stereocenters. The standard InChI is InChI=1S/C22H20F4N2O2/c1-11-10-21(30,22(24,25)26)20(14-8-9-15(23)19(29)18(11)14)28-17-5-3-4-16-13(17)7-6-12(2)27-16/h3-9,11,20,28-30H,10H2,1-2H3/t11-,20?,21-/m1/s1. The Morgan fingerprint density at radius 2 is 1.87 bits per heavy atom. The van der Waals surface area contributed by atoms with Crippen LogP contribution in [0.5, 0.6) is 5.75 Å². The SMILES string of the molecule is Cc1ccc2c(NC3c4ccc(F)c(O)c4[C@H](C)C[C@]3(O)C(F)(F)F)cccc2n1. The van der Waals surface area contributed by atoms with Crippen LogP contribution in [0.4, 0.5) is 23.2 Å². The molecule has 1 aliphatic rings. The largest absolute Gasteiger partial charge is 0.505 e. The molecule has 0 saturated heterocycles. The van der Waals surface area contributed by atoms with Gasteiger partial charge in [0.2, 0.25) is 0 Å². The first-order valence-corrected chi connectivity index (χ1v) is 9.46. The fourth-order valence-corrected chi connectivity index (χ4v) is 4.33. The van der Waals surface area contributed by atoms with Crippen LogP contribution in [0.2, 0.25) is 0 Å². The van der Waals surface area contributed by atoms with Gasteiger partial charge in [-0.15, -0.1) is 0 Å². The molecule has 4 nitrogen and oxygen atoms in total. The van der Waals surface area contributed by atoms with Crippen molar-refractivity contribution in [2.45, 2.75) is 44.0 Å². The minimum Gasteiger partial charge on any atom is -0.505 e. The van der Waals surface area contributed by atoms with Crippen LogP contribution in [0, 0.1) is 12.7 Å². The molecule has 0 bridgehead atoms. The van der Waals surface area contributed by atoms with Crippen LogP contribution >= 0.6 is 0 Å². The first kappa shape index (κ1) is 20.4. The highest BCUT2D eigenvalue weighted by atomic mass is 19.4. The highest BCUT2D eigenvalue weighted by Crippen LogP contribution is 2.54. The summed E-state index contributed by atoms with van der Waals surface area (Å²) in [6, 6.07) is 8.90. The Kier molecular flexibility index (Phi) is 4.65. The lowest BCUT2D eigenvalue weighted by Crippen LogP contribution is -2.55. The van der Waals surface area contributed by atoms with E-state index in [4.69, 9.17) is 0 Å². The molecule has 1 aliphatic carbocycles. The van der Waals surface area contributed by atoms with Crippen molar-refractivity contribution in [1.29, 1.82) is 0 Å². The number of pyridine rings is 1. The minimum atomic E-state index is -4.96. The maximum absolute atomic E-state index is 14.1. The molecule has 1 heterocycles. The number of anilines is 1. The monoisotopic (exact) mass is 420 g/mol. The summed E-state index contributed by atoms with van der Waals surface area (Å²) < 4.78 is 56.1. The normalized spacial score (nSPS) is 24.0. The highest BCUT2D eigenvalue weighted by molar-refractivity contribution is 5.91. The summed E-state index contributed by atoms with van der Waals surface area (Å²) in [7, 11) is 0. The number of alkyl halides is 3. The first-order valence-electron chi connectivity index (χ1n) is 9.46. The molecule has 30 heavy (non-hydrogen) atoms.